The molecule has 0 spiro atoms. The number of nitrogens with zero attached hydrogens (tertiary/aromatic N) is 1. The van der Waals surface area contributed by atoms with Crippen molar-refractivity contribution < 1.29 is 9.53 Å². The van der Waals surface area contributed by atoms with Crippen molar-refractivity contribution >= 4 is 5.91 Å². The average Bonchev–Trinajstić information content (AvgIpc) is 3.25. The molecule has 1 heterocycles. The SMILES string of the molecule is CN1CCC(NC(=O)c2cccc(OC3CC3)c2)CC1. The van der Waals surface area contributed by atoms with E-state index in [2.05, 4.69) is 17.3 Å². The molecule has 1 aliphatic heterocycles. The molecule has 20 heavy (non-hydrogen) atoms. The van der Waals surface area contributed by atoms with Gasteiger partial charge in [-0.25, -0.2) is 0 Å². The standard InChI is InChI=1S/C16H22N2O2/c1-18-9-7-13(8-10-18)17-16(19)12-3-2-4-15(11-12)20-14-5-6-14/h2-4,11,13-14H,5-10H2,1H3,(H,17,19). The van der Waals surface area contributed by atoms with Gasteiger partial charge in [-0.2, -0.15) is 0 Å². The van der Waals surface area contributed by atoms with E-state index in [1.165, 1.54) is 0 Å². The Hall–Kier alpha value is -1.55. The first kappa shape index (κ1) is 13.4. The van der Waals surface area contributed by atoms with Gasteiger partial charge in [0.1, 0.15) is 5.75 Å². The molecular weight excluding hydrogens is 252 g/mol. The maximum atomic E-state index is 12.3. The molecule has 4 nitrogen and oxygen atoms in total. The van der Waals surface area contributed by atoms with Crippen molar-refractivity contribution in [1.29, 1.82) is 0 Å². The zero-order valence-corrected chi connectivity index (χ0v) is 12.0. The smallest absolute Gasteiger partial charge is 0.251 e. The Labute approximate surface area is 120 Å². The summed E-state index contributed by atoms with van der Waals surface area (Å²) in [5.41, 5.74) is 0.696. The topological polar surface area (TPSA) is 41.6 Å². The summed E-state index contributed by atoms with van der Waals surface area (Å²) < 4.78 is 5.73. The minimum Gasteiger partial charge on any atom is -0.490 e. The van der Waals surface area contributed by atoms with E-state index < -0.39 is 0 Å². The van der Waals surface area contributed by atoms with Crippen molar-refractivity contribution in [3.8, 4) is 5.75 Å². The number of hydrogen-bond acceptors (Lipinski definition) is 3. The molecule has 4 heteroatoms. The van der Waals surface area contributed by atoms with Gasteiger partial charge in [0.25, 0.3) is 5.91 Å². The molecule has 2 aliphatic rings. The minimum absolute atomic E-state index is 0.0146. The average molecular weight is 274 g/mol. The number of ether oxygens (including phenoxy) is 1. The third kappa shape index (κ3) is 3.51. The van der Waals surface area contributed by atoms with Crippen LogP contribution in [0.2, 0.25) is 0 Å². The van der Waals surface area contributed by atoms with E-state index in [9.17, 15) is 4.79 Å². The van der Waals surface area contributed by atoms with Gasteiger partial charge < -0.3 is 15.0 Å². The Morgan fingerprint density at radius 2 is 2.00 bits per heavy atom. The molecule has 0 radical (unpaired) electrons. The molecule has 1 amide bonds. The van der Waals surface area contributed by atoms with E-state index in [0.717, 1.165) is 44.5 Å². The summed E-state index contributed by atoms with van der Waals surface area (Å²) in [6, 6.07) is 7.81. The zero-order chi connectivity index (χ0) is 13.9. The highest BCUT2D eigenvalue weighted by Gasteiger charge is 2.24. The van der Waals surface area contributed by atoms with Crippen LogP contribution in [0, 0.1) is 0 Å². The van der Waals surface area contributed by atoms with Gasteiger partial charge in [0.15, 0.2) is 0 Å². The fourth-order valence-electron chi connectivity index (χ4n) is 2.51. The van der Waals surface area contributed by atoms with Crippen molar-refractivity contribution in [3.63, 3.8) is 0 Å². The normalized spacial score (nSPS) is 20.6. The van der Waals surface area contributed by atoms with Crippen molar-refractivity contribution in [2.24, 2.45) is 0 Å². The van der Waals surface area contributed by atoms with E-state index in [1.54, 1.807) is 0 Å². The van der Waals surface area contributed by atoms with E-state index in [0.29, 0.717) is 17.7 Å². The summed E-state index contributed by atoms with van der Waals surface area (Å²) in [5.74, 6) is 0.823. The first-order valence-electron chi connectivity index (χ1n) is 7.47. The molecule has 0 atom stereocenters. The number of piperidine rings is 1. The Balaban J connectivity index is 1.58. The highest BCUT2D eigenvalue weighted by Crippen LogP contribution is 2.27. The minimum atomic E-state index is 0.0146. The second-order valence-corrected chi connectivity index (χ2v) is 5.90. The van der Waals surface area contributed by atoms with E-state index in [1.807, 2.05) is 24.3 Å². The fourth-order valence-corrected chi connectivity index (χ4v) is 2.51. The lowest BCUT2D eigenvalue weighted by molar-refractivity contribution is 0.0916. The Bertz CT molecular complexity index is 477. The zero-order valence-electron chi connectivity index (χ0n) is 12.0. The van der Waals surface area contributed by atoms with Gasteiger partial charge in [0, 0.05) is 11.6 Å². The monoisotopic (exact) mass is 274 g/mol. The molecule has 1 saturated heterocycles. The molecule has 1 aliphatic carbocycles. The van der Waals surface area contributed by atoms with E-state index >= 15 is 0 Å². The van der Waals surface area contributed by atoms with E-state index in [-0.39, 0.29) is 5.91 Å². The molecule has 1 aromatic carbocycles. The number of nitrogens with one attached hydrogen (secondary N) is 1. The van der Waals surface area contributed by atoms with Gasteiger partial charge in [-0.15, -0.1) is 0 Å². The Kier molecular flexibility index (Phi) is 3.92. The molecular formula is C16H22N2O2. The molecule has 3 rings (SSSR count). The van der Waals surface area contributed by atoms with Crippen molar-refractivity contribution in [3.05, 3.63) is 29.8 Å². The number of rotatable bonds is 4. The van der Waals surface area contributed by atoms with Crippen LogP contribution in [-0.4, -0.2) is 43.1 Å². The third-order valence-corrected chi connectivity index (χ3v) is 3.98. The van der Waals surface area contributed by atoms with Crippen LogP contribution in [0.15, 0.2) is 24.3 Å². The number of amides is 1. The largest absolute Gasteiger partial charge is 0.490 e. The molecule has 0 aromatic heterocycles. The summed E-state index contributed by atoms with van der Waals surface area (Å²) in [7, 11) is 2.12. The highest BCUT2D eigenvalue weighted by molar-refractivity contribution is 5.94. The molecule has 0 bridgehead atoms. The molecule has 0 unspecified atom stereocenters. The number of hydrogen-bond donors (Lipinski definition) is 1. The van der Waals surface area contributed by atoms with Gasteiger partial charge in [0.05, 0.1) is 6.10 Å². The van der Waals surface area contributed by atoms with Crippen LogP contribution in [0.5, 0.6) is 5.75 Å². The molecule has 108 valence electrons. The van der Waals surface area contributed by atoms with E-state index in [4.69, 9.17) is 4.74 Å². The Morgan fingerprint density at radius 3 is 2.70 bits per heavy atom. The Morgan fingerprint density at radius 1 is 1.25 bits per heavy atom. The van der Waals surface area contributed by atoms with Crippen LogP contribution in [0.3, 0.4) is 0 Å². The van der Waals surface area contributed by atoms with Crippen LogP contribution in [0.1, 0.15) is 36.0 Å². The molecule has 2 fully saturated rings. The highest BCUT2D eigenvalue weighted by atomic mass is 16.5. The quantitative estimate of drug-likeness (QED) is 0.913. The summed E-state index contributed by atoms with van der Waals surface area (Å²) in [6.07, 6.45) is 4.68. The molecule has 1 aromatic rings. The second kappa shape index (κ2) is 5.83. The predicted octanol–water partition coefficient (Wildman–Crippen LogP) is 2.05. The first-order chi connectivity index (χ1) is 9.70. The van der Waals surface area contributed by atoms with Gasteiger partial charge in [0.2, 0.25) is 0 Å². The van der Waals surface area contributed by atoms with Crippen LogP contribution in [0.4, 0.5) is 0 Å². The van der Waals surface area contributed by atoms with Crippen molar-refractivity contribution in [1.82, 2.24) is 10.2 Å². The summed E-state index contributed by atoms with van der Waals surface area (Å²) in [5, 5.41) is 3.13. The maximum absolute atomic E-state index is 12.3. The number of carbonyl (C=O) groups excluding carboxylic acids is 1. The van der Waals surface area contributed by atoms with Gasteiger partial charge >= 0.3 is 0 Å². The van der Waals surface area contributed by atoms with Crippen molar-refractivity contribution in [2.75, 3.05) is 20.1 Å². The number of carbonyl (C=O) groups is 1. The predicted molar refractivity (Wildman–Crippen MR) is 78.1 cm³/mol. The first-order valence-corrected chi connectivity index (χ1v) is 7.47. The number of likely N-dealkylation sites (tertiary alicyclic amines) is 1. The van der Waals surface area contributed by atoms with Gasteiger partial charge in [-0.05, 0) is 64.0 Å². The lowest BCUT2D eigenvalue weighted by Crippen LogP contribution is -2.43. The molecule has 1 saturated carbocycles. The van der Waals surface area contributed by atoms with Crippen LogP contribution in [-0.2, 0) is 0 Å². The summed E-state index contributed by atoms with van der Waals surface area (Å²) >= 11 is 0. The molecule has 1 N–H and O–H groups in total. The van der Waals surface area contributed by atoms with Gasteiger partial charge in [-0.1, -0.05) is 6.07 Å². The van der Waals surface area contributed by atoms with Crippen LogP contribution in [0.25, 0.3) is 0 Å². The van der Waals surface area contributed by atoms with Gasteiger partial charge in [-0.3, -0.25) is 4.79 Å². The van der Waals surface area contributed by atoms with Crippen LogP contribution >= 0.6 is 0 Å². The fraction of sp³-hybridized carbons (Fsp3) is 0.562. The summed E-state index contributed by atoms with van der Waals surface area (Å²) in [4.78, 5) is 14.6. The summed E-state index contributed by atoms with van der Waals surface area (Å²) in [6.45, 7) is 2.10. The lowest BCUT2D eigenvalue weighted by atomic mass is 10.0. The van der Waals surface area contributed by atoms with Crippen molar-refractivity contribution in [2.45, 2.75) is 37.8 Å². The lowest BCUT2D eigenvalue weighted by Gasteiger charge is -2.29. The maximum Gasteiger partial charge on any atom is 0.251 e. The van der Waals surface area contributed by atoms with Crippen LogP contribution < -0.4 is 10.1 Å². The second-order valence-electron chi connectivity index (χ2n) is 5.90. The number of benzene rings is 1. The third-order valence-electron chi connectivity index (χ3n) is 3.98.